The van der Waals surface area contributed by atoms with E-state index in [1.54, 1.807) is 0 Å². The number of halogens is 5. The van der Waals surface area contributed by atoms with Crippen molar-refractivity contribution >= 4 is 44.8 Å². The van der Waals surface area contributed by atoms with E-state index >= 15 is 0 Å². The van der Waals surface area contributed by atoms with E-state index in [1.165, 1.54) is 12.1 Å². The van der Waals surface area contributed by atoms with Crippen molar-refractivity contribution in [3.05, 3.63) is 27.7 Å². The molecule has 0 aliphatic rings. The van der Waals surface area contributed by atoms with Gasteiger partial charge in [-0.05, 0) is 17.7 Å². The van der Waals surface area contributed by atoms with E-state index in [2.05, 4.69) is 0 Å². The first-order valence-corrected chi connectivity index (χ1v) is 7.71. The summed E-state index contributed by atoms with van der Waals surface area (Å²) in [5.41, 5.74) is 0.358. The molecule has 0 aliphatic heterocycles. The summed E-state index contributed by atoms with van der Waals surface area (Å²) in [5.74, 6) is -0.0168. The second kappa shape index (κ2) is 6.54. The van der Waals surface area contributed by atoms with Gasteiger partial charge in [0, 0.05) is 18.0 Å². The fourth-order valence-corrected chi connectivity index (χ4v) is 3.60. The highest BCUT2D eigenvalue weighted by molar-refractivity contribution is 7.89. The number of alkyl halides is 3. The van der Waals surface area contributed by atoms with Crippen LogP contribution in [0.15, 0.2) is 17.0 Å². The summed E-state index contributed by atoms with van der Waals surface area (Å²) in [6.07, 6.45) is -2.78. The number of hydrogen-bond donors (Lipinski definition) is 0. The van der Waals surface area contributed by atoms with Crippen molar-refractivity contribution in [2.45, 2.75) is 17.2 Å². The van der Waals surface area contributed by atoms with Crippen molar-refractivity contribution in [3.8, 4) is 0 Å². The lowest BCUT2D eigenvalue weighted by molar-refractivity contribution is 0.126. The van der Waals surface area contributed by atoms with Crippen molar-refractivity contribution in [1.82, 2.24) is 4.31 Å². The van der Waals surface area contributed by atoms with Gasteiger partial charge >= 0.3 is 0 Å². The molecule has 0 amide bonds. The molecule has 19 heavy (non-hydrogen) atoms. The van der Waals surface area contributed by atoms with E-state index in [4.69, 9.17) is 34.8 Å². The topological polar surface area (TPSA) is 37.4 Å². The van der Waals surface area contributed by atoms with Gasteiger partial charge in [0.15, 0.2) is 0 Å². The SMILES string of the molecule is CN(CC(F)F)S(=O)(=O)c1cc(CCl)c(Cl)cc1Cl. The van der Waals surface area contributed by atoms with Crippen LogP contribution in [0.25, 0.3) is 0 Å². The molecule has 0 fully saturated rings. The lowest BCUT2D eigenvalue weighted by Crippen LogP contribution is -2.31. The summed E-state index contributed by atoms with van der Waals surface area (Å²) in [5, 5.41) is 0.0791. The highest BCUT2D eigenvalue weighted by Crippen LogP contribution is 2.31. The number of nitrogens with zero attached hydrogens (tertiary/aromatic N) is 1. The number of benzene rings is 1. The van der Waals surface area contributed by atoms with Gasteiger partial charge in [0.05, 0.1) is 11.6 Å². The zero-order valence-corrected chi connectivity index (χ0v) is 12.8. The standard InChI is InChI=1S/C10H10Cl3F2NO2S/c1-16(5-10(14)15)19(17,18)9-2-6(4-11)7(12)3-8(9)13/h2-3,10H,4-5H2,1H3. The second-order valence-corrected chi connectivity index (χ2v) is 6.78. The Bertz CT molecular complexity index is 566. The Hall–Kier alpha value is -0.140. The van der Waals surface area contributed by atoms with E-state index in [1.807, 2.05) is 0 Å². The van der Waals surface area contributed by atoms with Gasteiger partial charge in [-0.1, -0.05) is 23.2 Å². The molecule has 0 bridgehead atoms. The summed E-state index contributed by atoms with van der Waals surface area (Å²) in [6.45, 7) is -0.919. The first kappa shape index (κ1) is 16.9. The quantitative estimate of drug-likeness (QED) is 0.759. The molecule has 0 N–H and O–H groups in total. The summed E-state index contributed by atoms with van der Waals surface area (Å²) in [6, 6.07) is 2.42. The average molecular weight is 353 g/mol. The van der Waals surface area contributed by atoms with E-state index in [0.29, 0.717) is 9.87 Å². The van der Waals surface area contributed by atoms with Crippen molar-refractivity contribution < 1.29 is 17.2 Å². The van der Waals surface area contributed by atoms with Crippen molar-refractivity contribution in [2.24, 2.45) is 0 Å². The van der Waals surface area contributed by atoms with E-state index in [0.717, 1.165) is 7.05 Å². The second-order valence-electron chi connectivity index (χ2n) is 3.68. The lowest BCUT2D eigenvalue weighted by Gasteiger charge is -2.18. The number of hydrogen-bond acceptors (Lipinski definition) is 2. The molecule has 3 nitrogen and oxygen atoms in total. The monoisotopic (exact) mass is 351 g/mol. The van der Waals surface area contributed by atoms with Gasteiger partial charge in [-0.2, -0.15) is 4.31 Å². The van der Waals surface area contributed by atoms with Crippen LogP contribution in [0.4, 0.5) is 8.78 Å². The number of rotatable bonds is 5. The summed E-state index contributed by atoms with van der Waals surface area (Å²) in [4.78, 5) is -0.294. The van der Waals surface area contributed by atoms with E-state index in [-0.39, 0.29) is 20.8 Å². The minimum atomic E-state index is -4.11. The maximum Gasteiger partial charge on any atom is 0.252 e. The maximum atomic E-state index is 12.3. The molecule has 1 rings (SSSR count). The highest BCUT2D eigenvalue weighted by atomic mass is 35.5. The minimum absolute atomic E-state index is 0.0168. The van der Waals surface area contributed by atoms with Crippen LogP contribution < -0.4 is 0 Å². The molecule has 0 heterocycles. The summed E-state index contributed by atoms with van der Waals surface area (Å²) in [7, 11) is -3.06. The summed E-state index contributed by atoms with van der Waals surface area (Å²) >= 11 is 17.2. The van der Waals surface area contributed by atoms with Gasteiger partial charge in [0.1, 0.15) is 4.90 Å². The molecule has 0 unspecified atom stereocenters. The van der Waals surface area contributed by atoms with Crippen molar-refractivity contribution in [3.63, 3.8) is 0 Å². The zero-order chi connectivity index (χ0) is 14.8. The normalized spacial score (nSPS) is 12.4. The summed E-state index contributed by atoms with van der Waals surface area (Å²) < 4.78 is 49.2. The predicted molar refractivity (Wildman–Crippen MR) is 71.8 cm³/mol. The molecule has 1 aromatic carbocycles. The Morgan fingerprint density at radius 2 is 1.84 bits per heavy atom. The van der Waals surface area contributed by atoms with Crippen LogP contribution in [0.3, 0.4) is 0 Å². The van der Waals surface area contributed by atoms with Crippen LogP contribution in [0, 0.1) is 0 Å². The van der Waals surface area contributed by atoms with Crippen LogP contribution in [0.2, 0.25) is 10.0 Å². The van der Waals surface area contributed by atoms with Crippen LogP contribution in [-0.4, -0.2) is 32.7 Å². The molecule has 0 saturated carbocycles. The van der Waals surface area contributed by atoms with E-state index < -0.39 is 23.0 Å². The van der Waals surface area contributed by atoms with Crippen LogP contribution in [0.5, 0.6) is 0 Å². The molecule has 1 aromatic rings. The maximum absolute atomic E-state index is 12.3. The van der Waals surface area contributed by atoms with E-state index in [9.17, 15) is 17.2 Å². The molecule has 0 saturated heterocycles. The Labute approximate surface area is 125 Å². The third-order valence-corrected chi connectivity index (χ3v) is 5.26. The third kappa shape index (κ3) is 3.92. The first-order valence-electron chi connectivity index (χ1n) is 4.98. The average Bonchev–Trinajstić information content (AvgIpc) is 2.27. The Morgan fingerprint density at radius 3 is 2.32 bits per heavy atom. The molecular weight excluding hydrogens is 343 g/mol. The van der Waals surface area contributed by atoms with Crippen molar-refractivity contribution in [1.29, 1.82) is 0 Å². The van der Waals surface area contributed by atoms with Gasteiger partial charge in [-0.25, -0.2) is 17.2 Å². The molecule has 0 atom stereocenters. The molecule has 0 radical (unpaired) electrons. The Morgan fingerprint density at radius 1 is 1.26 bits per heavy atom. The van der Waals surface area contributed by atoms with Crippen molar-refractivity contribution in [2.75, 3.05) is 13.6 Å². The molecule has 9 heteroatoms. The van der Waals surface area contributed by atoms with Crippen LogP contribution >= 0.6 is 34.8 Å². The molecule has 108 valence electrons. The fraction of sp³-hybridized carbons (Fsp3) is 0.400. The first-order chi connectivity index (χ1) is 8.70. The fourth-order valence-electron chi connectivity index (χ4n) is 1.33. The highest BCUT2D eigenvalue weighted by Gasteiger charge is 2.26. The molecule has 0 aromatic heterocycles. The molecule has 0 spiro atoms. The van der Waals surface area contributed by atoms with Crippen LogP contribution in [0.1, 0.15) is 5.56 Å². The van der Waals surface area contributed by atoms with Gasteiger partial charge < -0.3 is 0 Å². The Kier molecular flexibility index (Phi) is 5.82. The molecule has 0 aliphatic carbocycles. The van der Waals surface area contributed by atoms with Gasteiger partial charge in [0.25, 0.3) is 6.43 Å². The van der Waals surface area contributed by atoms with Gasteiger partial charge in [-0.3, -0.25) is 0 Å². The minimum Gasteiger partial charge on any atom is -0.209 e. The van der Waals surface area contributed by atoms with Gasteiger partial charge in [-0.15, -0.1) is 11.6 Å². The zero-order valence-electron chi connectivity index (χ0n) is 9.71. The largest absolute Gasteiger partial charge is 0.252 e. The molecular formula is C10H10Cl3F2NO2S. The third-order valence-electron chi connectivity index (χ3n) is 2.33. The predicted octanol–water partition coefficient (Wildman–Crippen LogP) is 3.62. The lowest BCUT2D eigenvalue weighted by atomic mass is 10.2. The smallest absolute Gasteiger partial charge is 0.209 e. The van der Waals surface area contributed by atoms with Crippen LogP contribution in [-0.2, 0) is 15.9 Å². The number of sulfonamides is 1. The Balaban J connectivity index is 3.28. The van der Waals surface area contributed by atoms with Gasteiger partial charge in [0.2, 0.25) is 10.0 Å².